The summed E-state index contributed by atoms with van der Waals surface area (Å²) in [6, 6.07) is 7.72. The molecule has 0 saturated carbocycles. The van der Waals surface area contributed by atoms with Crippen LogP contribution < -0.4 is 5.32 Å². The Morgan fingerprint density at radius 2 is 2.30 bits per heavy atom. The average Bonchev–Trinajstić information content (AvgIpc) is 2.82. The van der Waals surface area contributed by atoms with Crippen LogP contribution in [0.5, 0.6) is 0 Å². The number of aliphatic hydroxyl groups is 1. The van der Waals surface area contributed by atoms with Crippen LogP contribution >= 0.6 is 11.3 Å². The molecule has 2 N–H and O–H groups in total. The van der Waals surface area contributed by atoms with Crippen molar-refractivity contribution in [1.29, 1.82) is 0 Å². The molecule has 1 heterocycles. The van der Waals surface area contributed by atoms with Crippen LogP contribution in [0, 0.1) is 6.92 Å². The Morgan fingerprint density at radius 1 is 1.45 bits per heavy atom. The number of rotatable bonds is 6. The SMILES string of the molecule is Cc1nc(CC(=O)Nc2cccc(CCCO)c2)cs1. The van der Waals surface area contributed by atoms with Gasteiger partial charge in [-0.15, -0.1) is 11.3 Å². The number of anilines is 1. The van der Waals surface area contributed by atoms with Crippen LogP contribution in [-0.4, -0.2) is 22.6 Å². The topological polar surface area (TPSA) is 62.2 Å². The first kappa shape index (κ1) is 14.7. The molecular weight excluding hydrogens is 272 g/mol. The van der Waals surface area contributed by atoms with Gasteiger partial charge in [-0.1, -0.05) is 12.1 Å². The maximum Gasteiger partial charge on any atom is 0.230 e. The summed E-state index contributed by atoms with van der Waals surface area (Å²) in [5.41, 5.74) is 2.71. The van der Waals surface area contributed by atoms with E-state index in [-0.39, 0.29) is 12.5 Å². The molecule has 2 rings (SSSR count). The van der Waals surface area contributed by atoms with E-state index in [2.05, 4.69) is 10.3 Å². The van der Waals surface area contributed by atoms with Gasteiger partial charge in [0.15, 0.2) is 0 Å². The van der Waals surface area contributed by atoms with Crippen molar-refractivity contribution in [3.63, 3.8) is 0 Å². The molecule has 0 aliphatic carbocycles. The first-order valence-electron chi connectivity index (χ1n) is 6.58. The number of hydrogen-bond acceptors (Lipinski definition) is 4. The molecule has 1 aromatic heterocycles. The second kappa shape index (κ2) is 7.17. The second-order valence-electron chi connectivity index (χ2n) is 4.61. The zero-order valence-corrected chi connectivity index (χ0v) is 12.2. The fourth-order valence-electron chi connectivity index (χ4n) is 1.95. The van der Waals surface area contributed by atoms with Crippen molar-refractivity contribution in [2.45, 2.75) is 26.2 Å². The number of amides is 1. The van der Waals surface area contributed by atoms with E-state index in [1.807, 2.05) is 36.6 Å². The van der Waals surface area contributed by atoms with E-state index in [1.165, 1.54) is 0 Å². The fraction of sp³-hybridized carbons (Fsp3) is 0.333. The lowest BCUT2D eigenvalue weighted by Crippen LogP contribution is -2.14. The molecular formula is C15H18N2O2S. The number of benzene rings is 1. The Hall–Kier alpha value is -1.72. The van der Waals surface area contributed by atoms with Gasteiger partial charge in [-0.05, 0) is 37.5 Å². The van der Waals surface area contributed by atoms with E-state index < -0.39 is 0 Å². The van der Waals surface area contributed by atoms with Crippen LogP contribution in [0.3, 0.4) is 0 Å². The molecule has 5 heteroatoms. The van der Waals surface area contributed by atoms with Crippen LogP contribution in [0.4, 0.5) is 5.69 Å². The molecule has 0 spiro atoms. The van der Waals surface area contributed by atoms with E-state index in [9.17, 15) is 4.79 Å². The quantitative estimate of drug-likeness (QED) is 0.859. The number of aliphatic hydroxyl groups excluding tert-OH is 1. The highest BCUT2D eigenvalue weighted by atomic mass is 32.1. The molecule has 106 valence electrons. The predicted octanol–water partition coefficient (Wildman–Crippen LogP) is 2.56. The van der Waals surface area contributed by atoms with Crippen molar-refractivity contribution in [1.82, 2.24) is 4.98 Å². The number of aromatic nitrogens is 1. The molecule has 0 aliphatic heterocycles. The first-order valence-corrected chi connectivity index (χ1v) is 7.46. The van der Waals surface area contributed by atoms with Gasteiger partial charge in [0, 0.05) is 17.7 Å². The Kier molecular flexibility index (Phi) is 5.26. The molecule has 0 saturated heterocycles. The summed E-state index contributed by atoms with van der Waals surface area (Å²) < 4.78 is 0. The molecule has 1 amide bonds. The van der Waals surface area contributed by atoms with Crippen molar-refractivity contribution in [2.75, 3.05) is 11.9 Å². The van der Waals surface area contributed by atoms with E-state index in [1.54, 1.807) is 11.3 Å². The van der Waals surface area contributed by atoms with Crippen LogP contribution in [0.25, 0.3) is 0 Å². The van der Waals surface area contributed by atoms with Crippen LogP contribution in [0.1, 0.15) is 22.7 Å². The number of nitrogens with one attached hydrogen (secondary N) is 1. The first-order chi connectivity index (χ1) is 9.67. The zero-order chi connectivity index (χ0) is 14.4. The van der Waals surface area contributed by atoms with Gasteiger partial charge in [-0.2, -0.15) is 0 Å². The van der Waals surface area contributed by atoms with E-state index >= 15 is 0 Å². The molecule has 1 aromatic carbocycles. The lowest BCUT2D eigenvalue weighted by molar-refractivity contribution is -0.115. The highest BCUT2D eigenvalue weighted by molar-refractivity contribution is 7.09. The monoisotopic (exact) mass is 290 g/mol. The lowest BCUT2D eigenvalue weighted by atomic mass is 10.1. The predicted molar refractivity (Wildman–Crippen MR) is 81.0 cm³/mol. The van der Waals surface area contributed by atoms with Crippen molar-refractivity contribution in [3.8, 4) is 0 Å². The minimum absolute atomic E-state index is 0.0605. The average molecular weight is 290 g/mol. The number of aryl methyl sites for hydroxylation is 2. The van der Waals surface area contributed by atoms with E-state index in [0.717, 1.165) is 34.8 Å². The highest BCUT2D eigenvalue weighted by Gasteiger charge is 2.07. The second-order valence-corrected chi connectivity index (χ2v) is 5.67. The molecule has 0 bridgehead atoms. The number of carbonyl (C=O) groups is 1. The van der Waals surface area contributed by atoms with Crippen molar-refractivity contribution < 1.29 is 9.90 Å². The Balaban J connectivity index is 1.93. The van der Waals surface area contributed by atoms with Crippen molar-refractivity contribution >= 4 is 22.9 Å². The van der Waals surface area contributed by atoms with Gasteiger partial charge >= 0.3 is 0 Å². The van der Waals surface area contributed by atoms with Crippen LogP contribution in [0.15, 0.2) is 29.6 Å². The molecule has 0 unspecified atom stereocenters. The molecule has 0 aliphatic rings. The summed E-state index contributed by atoms with van der Waals surface area (Å²) in [5, 5.41) is 14.6. The largest absolute Gasteiger partial charge is 0.396 e. The van der Waals surface area contributed by atoms with Gasteiger partial charge in [0.05, 0.1) is 17.1 Å². The fourth-order valence-corrected chi connectivity index (χ4v) is 2.56. The third-order valence-corrected chi connectivity index (χ3v) is 3.66. The number of nitrogens with zero attached hydrogens (tertiary/aromatic N) is 1. The lowest BCUT2D eigenvalue weighted by Gasteiger charge is -2.06. The smallest absolute Gasteiger partial charge is 0.230 e. The zero-order valence-electron chi connectivity index (χ0n) is 11.4. The Bertz CT molecular complexity index is 581. The van der Waals surface area contributed by atoms with Crippen LogP contribution in [0.2, 0.25) is 0 Å². The standard InChI is InChI=1S/C15H18N2O2S/c1-11-16-14(10-20-11)9-15(19)17-13-6-2-4-12(8-13)5-3-7-18/h2,4,6,8,10,18H,3,5,7,9H2,1H3,(H,17,19). The normalized spacial score (nSPS) is 10.5. The van der Waals surface area contributed by atoms with E-state index in [0.29, 0.717) is 6.42 Å². The van der Waals surface area contributed by atoms with E-state index in [4.69, 9.17) is 5.11 Å². The van der Waals surface area contributed by atoms with Gasteiger partial charge < -0.3 is 10.4 Å². The molecule has 20 heavy (non-hydrogen) atoms. The minimum Gasteiger partial charge on any atom is -0.396 e. The molecule has 0 radical (unpaired) electrons. The number of hydrogen-bond donors (Lipinski definition) is 2. The maximum absolute atomic E-state index is 11.9. The summed E-state index contributed by atoms with van der Waals surface area (Å²) in [7, 11) is 0. The molecule has 2 aromatic rings. The van der Waals surface area contributed by atoms with Crippen LogP contribution in [-0.2, 0) is 17.6 Å². The number of thiazole rings is 1. The van der Waals surface area contributed by atoms with Crippen molar-refractivity contribution in [2.24, 2.45) is 0 Å². The molecule has 0 atom stereocenters. The third-order valence-electron chi connectivity index (χ3n) is 2.84. The summed E-state index contributed by atoms with van der Waals surface area (Å²) >= 11 is 1.55. The van der Waals surface area contributed by atoms with Gasteiger partial charge in [-0.25, -0.2) is 4.98 Å². The minimum atomic E-state index is -0.0605. The van der Waals surface area contributed by atoms with Gasteiger partial charge in [0.2, 0.25) is 5.91 Å². The van der Waals surface area contributed by atoms with Gasteiger partial charge in [-0.3, -0.25) is 4.79 Å². The molecule has 0 fully saturated rings. The molecule has 4 nitrogen and oxygen atoms in total. The third kappa shape index (κ3) is 4.43. The summed E-state index contributed by atoms with van der Waals surface area (Å²) in [4.78, 5) is 16.2. The highest BCUT2D eigenvalue weighted by Crippen LogP contribution is 2.14. The Labute approximate surface area is 122 Å². The summed E-state index contributed by atoms with van der Waals surface area (Å²) in [5.74, 6) is -0.0605. The van der Waals surface area contributed by atoms with Crippen molar-refractivity contribution in [3.05, 3.63) is 45.9 Å². The summed E-state index contributed by atoms with van der Waals surface area (Å²) in [6.07, 6.45) is 1.84. The van der Waals surface area contributed by atoms with Gasteiger partial charge in [0.25, 0.3) is 0 Å². The summed E-state index contributed by atoms with van der Waals surface area (Å²) in [6.45, 7) is 2.11. The maximum atomic E-state index is 11.9. The van der Waals surface area contributed by atoms with Gasteiger partial charge in [0.1, 0.15) is 0 Å². The number of carbonyl (C=O) groups excluding carboxylic acids is 1. The Morgan fingerprint density at radius 3 is 3.00 bits per heavy atom.